The largest absolute Gasteiger partial charge is 0.480 e. The first-order chi connectivity index (χ1) is 10.5. The van der Waals surface area contributed by atoms with Gasteiger partial charge in [-0.1, -0.05) is 0 Å². The molecule has 0 atom stereocenters. The Morgan fingerprint density at radius 3 is 3.00 bits per heavy atom. The molecule has 0 aromatic carbocycles. The molecule has 0 saturated heterocycles. The van der Waals surface area contributed by atoms with Crippen LogP contribution in [0.4, 0.5) is 0 Å². The number of rotatable bonds is 7. The zero-order chi connectivity index (χ0) is 16.1. The second-order valence-electron chi connectivity index (χ2n) is 4.19. The van der Waals surface area contributed by atoms with Crippen molar-refractivity contribution in [2.75, 3.05) is 26.0 Å². The lowest BCUT2D eigenvalue weighted by Gasteiger charge is -2.07. The number of aliphatic carboxylic acids is 1. The fraction of sp³-hybridized carbons (Fsp3) is 0.333. The predicted molar refractivity (Wildman–Crippen MR) is 78.4 cm³/mol. The monoisotopic (exact) mass is 326 g/mol. The van der Waals surface area contributed by atoms with E-state index in [2.05, 4.69) is 15.4 Å². The number of hydrogen-bond donors (Lipinski definition) is 3. The van der Waals surface area contributed by atoms with Gasteiger partial charge >= 0.3 is 5.97 Å². The van der Waals surface area contributed by atoms with Crippen molar-refractivity contribution < 1.29 is 19.4 Å². The van der Waals surface area contributed by atoms with Crippen LogP contribution in [0.2, 0.25) is 0 Å². The Morgan fingerprint density at radius 2 is 2.32 bits per heavy atom. The van der Waals surface area contributed by atoms with Gasteiger partial charge in [-0.05, 0) is 0 Å². The van der Waals surface area contributed by atoms with E-state index in [0.29, 0.717) is 17.4 Å². The number of pyridine rings is 1. The molecule has 0 fully saturated rings. The van der Waals surface area contributed by atoms with Crippen molar-refractivity contribution in [3.63, 3.8) is 0 Å². The zero-order valence-electron chi connectivity index (χ0n) is 11.7. The van der Waals surface area contributed by atoms with Gasteiger partial charge < -0.3 is 15.2 Å². The normalized spacial score (nSPS) is 10.8. The lowest BCUT2D eigenvalue weighted by Crippen LogP contribution is -2.33. The van der Waals surface area contributed by atoms with Crippen LogP contribution in [0.15, 0.2) is 22.2 Å². The summed E-state index contributed by atoms with van der Waals surface area (Å²) in [5.74, 6) is -1.34. The minimum absolute atomic E-state index is 0.148. The molecule has 2 heterocycles. The summed E-state index contributed by atoms with van der Waals surface area (Å²) in [6.07, 6.45) is 1.35. The van der Waals surface area contributed by atoms with Gasteiger partial charge in [0, 0.05) is 18.9 Å². The SMILES string of the molecule is COCCSc1cc(=O)c(C(=O)NCC(=O)O)c2nc[nH]n12. The molecule has 0 aliphatic heterocycles. The van der Waals surface area contributed by atoms with Crippen LogP contribution in [-0.4, -0.2) is 57.6 Å². The van der Waals surface area contributed by atoms with Crippen molar-refractivity contribution in [3.05, 3.63) is 28.2 Å². The van der Waals surface area contributed by atoms with Gasteiger partial charge in [-0.2, -0.15) is 0 Å². The first kappa shape index (κ1) is 16.0. The summed E-state index contributed by atoms with van der Waals surface area (Å²) in [6.45, 7) is -0.0604. The van der Waals surface area contributed by atoms with Gasteiger partial charge in [0.15, 0.2) is 11.1 Å². The quantitative estimate of drug-likeness (QED) is 0.466. The van der Waals surface area contributed by atoms with E-state index in [1.54, 1.807) is 7.11 Å². The minimum Gasteiger partial charge on any atom is -0.480 e. The molecule has 2 aromatic rings. The topological polar surface area (TPSA) is 126 Å². The molecular formula is C12H14N4O5S. The van der Waals surface area contributed by atoms with E-state index >= 15 is 0 Å². The number of methoxy groups -OCH3 is 1. The van der Waals surface area contributed by atoms with E-state index in [-0.39, 0.29) is 11.2 Å². The highest BCUT2D eigenvalue weighted by Crippen LogP contribution is 2.18. The highest BCUT2D eigenvalue weighted by Gasteiger charge is 2.19. The minimum atomic E-state index is -1.20. The third-order valence-corrected chi connectivity index (χ3v) is 3.66. The third-order valence-electron chi connectivity index (χ3n) is 2.70. The Balaban J connectivity index is 2.36. The molecular weight excluding hydrogens is 312 g/mol. The Bertz CT molecular complexity index is 754. The summed E-state index contributed by atoms with van der Waals surface area (Å²) in [5, 5.41) is 14.1. The number of ether oxygens (including phenoxy) is 1. The van der Waals surface area contributed by atoms with Crippen molar-refractivity contribution in [2.24, 2.45) is 0 Å². The molecule has 1 amide bonds. The molecule has 118 valence electrons. The molecule has 0 unspecified atom stereocenters. The third kappa shape index (κ3) is 3.46. The van der Waals surface area contributed by atoms with E-state index in [1.165, 1.54) is 28.7 Å². The number of aromatic amines is 1. The van der Waals surface area contributed by atoms with Crippen LogP contribution in [-0.2, 0) is 9.53 Å². The molecule has 0 bridgehead atoms. The van der Waals surface area contributed by atoms with Crippen LogP contribution in [0.1, 0.15) is 10.4 Å². The summed E-state index contributed by atoms with van der Waals surface area (Å²) in [4.78, 5) is 38.6. The number of fused-ring (bicyclic) bond motifs is 1. The number of carbonyl (C=O) groups excluding carboxylic acids is 1. The van der Waals surface area contributed by atoms with Crippen molar-refractivity contribution >= 4 is 29.3 Å². The van der Waals surface area contributed by atoms with Gasteiger partial charge in [-0.25, -0.2) is 9.50 Å². The van der Waals surface area contributed by atoms with Gasteiger partial charge in [0.05, 0.1) is 6.61 Å². The van der Waals surface area contributed by atoms with E-state index in [1.807, 2.05) is 0 Å². The second-order valence-corrected chi connectivity index (χ2v) is 5.30. The van der Waals surface area contributed by atoms with Crippen molar-refractivity contribution in [2.45, 2.75) is 5.03 Å². The Kier molecular flexibility index (Phi) is 5.17. The van der Waals surface area contributed by atoms with Gasteiger partial charge in [0.2, 0.25) is 0 Å². The molecule has 0 aliphatic rings. The van der Waals surface area contributed by atoms with Crippen molar-refractivity contribution in [1.29, 1.82) is 0 Å². The number of nitrogens with zero attached hydrogens (tertiary/aromatic N) is 2. The van der Waals surface area contributed by atoms with Crippen LogP contribution in [0.25, 0.3) is 5.65 Å². The summed E-state index contributed by atoms with van der Waals surface area (Å²) < 4.78 is 6.45. The Labute approximate surface area is 128 Å². The predicted octanol–water partition coefficient (Wildman–Crippen LogP) is -0.424. The van der Waals surface area contributed by atoms with E-state index in [0.717, 1.165) is 0 Å². The average Bonchev–Trinajstić information content (AvgIpc) is 2.94. The van der Waals surface area contributed by atoms with Crippen molar-refractivity contribution in [3.8, 4) is 0 Å². The van der Waals surface area contributed by atoms with Gasteiger partial charge in [0.1, 0.15) is 23.5 Å². The smallest absolute Gasteiger partial charge is 0.322 e. The van der Waals surface area contributed by atoms with Crippen molar-refractivity contribution in [1.82, 2.24) is 19.9 Å². The number of carboxylic acid groups (broad SMARTS) is 1. The number of carboxylic acids is 1. The van der Waals surface area contributed by atoms with Crippen LogP contribution < -0.4 is 10.7 Å². The fourth-order valence-corrected chi connectivity index (χ4v) is 2.68. The highest BCUT2D eigenvalue weighted by molar-refractivity contribution is 7.99. The molecule has 2 aromatic heterocycles. The fourth-order valence-electron chi connectivity index (χ4n) is 1.76. The number of hydrogen-bond acceptors (Lipinski definition) is 6. The van der Waals surface area contributed by atoms with Crippen LogP contribution in [0.3, 0.4) is 0 Å². The standard InChI is InChI=1S/C12H14N4O5S/c1-21-2-3-22-8-4-7(17)10(11-14-6-15-16(8)11)12(20)13-5-9(18)19/h4,6H,2-3,5H2,1H3,(H,13,20)(H,14,15)(H,18,19). The van der Waals surface area contributed by atoms with Crippen LogP contribution in [0, 0.1) is 0 Å². The number of thioether (sulfide) groups is 1. The van der Waals surface area contributed by atoms with E-state index < -0.39 is 23.9 Å². The molecule has 2 rings (SSSR count). The number of nitrogens with one attached hydrogen (secondary N) is 2. The number of carbonyl (C=O) groups is 2. The second kappa shape index (κ2) is 7.09. The van der Waals surface area contributed by atoms with Crippen LogP contribution in [0.5, 0.6) is 0 Å². The molecule has 3 N–H and O–H groups in total. The summed E-state index contributed by atoms with van der Waals surface area (Å²) in [5.41, 5.74) is -0.566. The first-order valence-corrected chi connectivity index (χ1v) is 7.24. The van der Waals surface area contributed by atoms with Gasteiger partial charge in [0.25, 0.3) is 5.91 Å². The zero-order valence-corrected chi connectivity index (χ0v) is 12.5. The Hall–Kier alpha value is -2.33. The lowest BCUT2D eigenvalue weighted by atomic mass is 10.2. The highest BCUT2D eigenvalue weighted by atomic mass is 32.2. The van der Waals surface area contributed by atoms with Gasteiger partial charge in [-0.15, -0.1) is 11.8 Å². The summed E-state index contributed by atoms with van der Waals surface area (Å²) in [7, 11) is 1.58. The lowest BCUT2D eigenvalue weighted by molar-refractivity contribution is -0.135. The Morgan fingerprint density at radius 1 is 1.55 bits per heavy atom. The molecule has 10 heteroatoms. The summed E-state index contributed by atoms with van der Waals surface area (Å²) in [6, 6.07) is 1.31. The first-order valence-electron chi connectivity index (χ1n) is 6.25. The molecule has 0 saturated carbocycles. The maximum atomic E-state index is 12.2. The number of H-pyrrole nitrogens is 1. The number of aromatic nitrogens is 3. The molecule has 0 aliphatic carbocycles. The van der Waals surface area contributed by atoms with E-state index in [4.69, 9.17) is 9.84 Å². The van der Waals surface area contributed by atoms with Gasteiger partial charge in [-0.3, -0.25) is 19.5 Å². The number of amides is 1. The molecule has 0 spiro atoms. The summed E-state index contributed by atoms with van der Waals surface area (Å²) >= 11 is 1.37. The maximum absolute atomic E-state index is 12.2. The average molecular weight is 326 g/mol. The molecule has 22 heavy (non-hydrogen) atoms. The maximum Gasteiger partial charge on any atom is 0.322 e. The molecule has 9 nitrogen and oxygen atoms in total. The van der Waals surface area contributed by atoms with Crippen LogP contribution >= 0.6 is 11.8 Å². The molecule has 0 radical (unpaired) electrons. The van der Waals surface area contributed by atoms with E-state index in [9.17, 15) is 14.4 Å².